The smallest absolute Gasteiger partial charge is 0.123 e. The lowest BCUT2D eigenvalue weighted by Gasteiger charge is -2.09. The van der Waals surface area contributed by atoms with Crippen LogP contribution in [0.1, 0.15) is 13.8 Å². The molecule has 2 aromatic rings. The van der Waals surface area contributed by atoms with Gasteiger partial charge < -0.3 is 4.74 Å². The Labute approximate surface area is 134 Å². The topological polar surface area (TPSA) is 34.0 Å². The quantitative estimate of drug-likeness (QED) is 0.500. The highest BCUT2D eigenvalue weighted by Crippen LogP contribution is 2.21. The maximum absolute atomic E-state index is 12.8. The zero-order chi connectivity index (χ0) is 15.8. The van der Waals surface area contributed by atoms with E-state index in [0.29, 0.717) is 12.3 Å². The third-order valence-corrected chi connectivity index (χ3v) is 3.72. The molecule has 116 valence electrons. The van der Waals surface area contributed by atoms with Gasteiger partial charge >= 0.3 is 0 Å². The van der Waals surface area contributed by atoms with Crippen LogP contribution in [0.25, 0.3) is 0 Å². The predicted octanol–water partition coefficient (Wildman–Crippen LogP) is 5.49. The second kappa shape index (κ2) is 8.54. The number of hydrogen-bond acceptors (Lipinski definition) is 4. The van der Waals surface area contributed by atoms with E-state index >= 15 is 0 Å². The Hall–Kier alpha value is -1.88. The van der Waals surface area contributed by atoms with E-state index < -0.39 is 0 Å². The van der Waals surface area contributed by atoms with Crippen molar-refractivity contribution in [3.05, 3.63) is 54.3 Å². The first-order chi connectivity index (χ1) is 10.7. The highest BCUT2D eigenvalue weighted by Gasteiger charge is 2.02. The van der Waals surface area contributed by atoms with Gasteiger partial charge in [-0.3, -0.25) is 0 Å². The van der Waals surface area contributed by atoms with Gasteiger partial charge in [-0.1, -0.05) is 6.92 Å². The first-order valence-electron chi connectivity index (χ1n) is 7.19. The van der Waals surface area contributed by atoms with Gasteiger partial charge in [0.15, 0.2) is 0 Å². The zero-order valence-electron chi connectivity index (χ0n) is 12.7. The van der Waals surface area contributed by atoms with Crippen molar-refractivity contribution in [2.24, 2.45) is 10.2 Å². The third-order valence-electron chi connectivity index (χ3n) is 2.82. The van der Waals surface area contributed by atoms with Crippen molar-refractivity contribution in [1.82, 2.24) is 0 Å². The number of azo groups is 1. The number of benzene rings is 2. The summed E-state index contributed by atoms with van der Waals surface area (Å²) in [5, 5.41) is 8.23. The van der Waals surface area contributed by atoms with Crippen LogP contribution in [0.5, 0.6) is 5.75 Å². The summed E-state index contributed by atoms with van der Waals surface area (Å²) >= 11 is 1.80. The molecule has 5 heteroatoms. The summed E-state index contributed by atoms with van der Waals surface area (Å²) in [4.78, 5) is 1.24. The molecule has 0 bridgehead atoms. The molecule has 1 atom stereocenters. The van der Waals surface area contributed by atoms with Crippen LogP contribution in [0.4, 0.5) is 10.1 Å². The van der Waals surface area contributed by atoms with E-state index in [2.05, 4.69) is 17.2 Å². The Balaban J connectivity index is 1.81. The van der Waals surface area contributed by atoms with E-state index in [1.54, 1.807) is 23.9 Å². The first-order valence-corrected chi connectivity index (χ1v) is 8.18. The average molecular weight is 318 g/mol. The van der Waals surface area contributed by atoms with Gasteiger partial charge in [0.2, 0.25) is 0 Å². The van der Waals surface area contributed by atoms with Crippen molar-refractivity contribution in [3.63, 3.8) is 0 Å². The fourth-order valence-corrected chi connectivity index (χ4v) is 2.38. The molecule has 1 unspecified atom stereocenters. The van der Waals surface area contributed by atoms with Crippen LogP contribution in [-0.2, 0) is 0 Å². The highest BCUT2D eigenvalue weighted by molar-refractivity contribution is 7.99. The molecule has 0 radical (unpaired) electrons. The fraction of sp³-hybridized carbons (Fsp3) is 0.294. The molecule has 0 heterocycles. The van der Waals surface area contributed by atoms with Crippen molar-refractivity contribution in [2.45, 2.75) is 24.8 Å². The summed E-state index contributed by atoms with van der Waals surface area (Å²) in [6.45, 7) is 4.50. The summed E-state index contributed by atoms with van der Waals surface area (Å²) in [6.07, 6.45) is 0. The molecule has 0 saturated carbocycles. The SMILES string of the molecule is CCSc1ccc(OCC(C)N=Nc2ccc(F)cc2)cc1. The van der Waals surface area contributed by atoms with Crippen molar-refractivity contribution in [2.75, 3.05) is 12.4 Å². The standard InChI is InChI=1S/C17H19FN2OS/c1-3-22-17-10-8-16(9-11-17)21-12-13(2)19-20-15-6-4-14(18)5-7-15/h4-11,13H,3,12H2,1-2H3. The van der Waals surface area contributed by atoms with E-state index in [0.717, 1.165) is 11.5 Å². The number of halogens is 1. The van der Waals surface area contributed by atoms with Crippen LogP contribution in [0.2, 0.25) is 0 Å². The summed E-state index contributed by atoms with van der Waals surface area (Å²) in [7, 11) is 0. The minimum Gasteiger partial charge on any atom is -0.491 e. The van der Waals surface area contributed by atoms with Gasteiger partial charge in [-0.2, -0.15) is 10.2 Å². The lowest BCUT2D eigenvalue weighted by molar-refractivity contribution is 0.293. The summed E-state index contributed by atoms with van der Waals surface area (Å²) in [6, 6.07) is 13.9. The zero-order valence-corrected chi connectivity index (χ0v) is 13.5. The van der Waals surface area contributed by atoms with Crippen molar-refractivity contribution < 1.29 is 9.13 Å². The Morgan fingerprint density at radius 3 is 2.41 bits per heavy atom. The third kappa shape index (κ3) is 5.48. The monoisotopic (exact) mass is 318 g/mol. The van der Waals surface area contributed by atoms with Crippen LogP contribution < -0.4 is 4.74 Å². The summed E-state index contributed by atoms with van der Waals surface area (Å²) in [5.41, 5.74) is 0.634. The number of rotatable bonds is 7. The van der Waals surface area contributed by atoms with Gasteiger partial charge in [-0.05, 0) is 61.2 Å². The molecule has 0 amide bonds. The van der Waals surface area contributed by atoms with Gasteiger partial charge in [0, 0.05) is 4.90 Å². The minimum absolute atomic E-state index is 0.0743. The van der Waals surface area contributed by atoms with Crippen LogP contribution >= 0.6 is 11.8 Å². The number of thioether (sulfide) groups is 1. The van der Waals surface area contributed by atoms with Gasteiger partial charge in [-0.15, -0.1) is 11.8 Å². The first kappa shape index (κ1) is 16.5. The van der Waals surface area contributed by atoms with Crippen molar-refractivity contribution in [1.29, 1.82) is 0 Å². The molecule has 0 aliphatic heterocycles. The van der Waals surface area contributed by atoms with Crippen molar-refractivity contribution >= 4 is 17.4 Å². The molecule has 0 aromatic heterocycles. The van der Waals surface area contributed by atoms with E-state index in [-0.39, 0.29) is 11.9 Å². The maximum Gasteiger partial charge on any atom is 0.123 e. The molecular weight excluding hydrogens is 299 g/mol. The predicted molar refractivity (Wildman–Crippen MR) is 88.7 cm³/mol. The fourth-order valence-electron chi connectivity index (χ4n) is 1.72. The molecular formula is C17H19FN2OS. The largest absolute Gasteiger partial charge is 0.491 e. The van der Waals surface area contributed by atoms with Gasteiger partial charge in [-0.25, -0.2) is 4.39 Å². The molecule has 3 nitrogen and oxygen atoms in total. The minimum atomic E-state index is -0.278. The number of ether oxygens (including phenoxy) is 1. The van der Waals surface area contributed by atoms with E-state index in [1.807, 2.05) is 31.2 Å². The molecule has 2 rings (SSSR count). The summed E-state index contributed by atoms with van der Waals surface area (Å²) < 4.78 is 18.5. The lowest BCUT2D eigenvalue weighted by Crippen LogP contribution is -2.10. The Morgan fingerprint density at radius 2 is 1.77 bits per heavy atom. The molecule has 0 aliphatic carbocycles. The number of nitrogens with zero attached hydrogens (tertiary/aromatic N) is 2. The molecule has 0 saturated heterocycles. The molecule has 0 spiro atoms. The molecule has 0 aliphatic rings. The average Bonchev–Trinajstić information content (AvgIpc) is 2.54. The van der Waals surface area contributed by atoms with E-state index in [1.165, 1.54) is 17.0 Å². The van der Waals surface area contributed by atoms with Crippen LogP contribution in [-0.4, -0.2) is 18.4 Å². The molecule has 0 N–H and O–H groups in total. The van der Waals surface area contributed by atoms with Gasteiger partial charge in [0.05, 0.1) is 5.69 Å². The lowest BCUT2D eigenvalue weighted by atomic mass is 10.3. The molecule has 22 heavy (non-hydrogen) atoms. The van der Waals surface area contributed by atoms with Crippen LogP contribution in [0, 0.1) is 5.82 Å². The van der Waals surface area contributed by atoms with Crippen molar-refractivity contribution in [3.8, 4) is 5.75 Å². The Bertz CT molecular complexity index is 599. The second-order valence-electron chi connectivity index (χ2n) is 4.76. The highest BCUT2D eigenvalue weighted by atomic mass is 32.2. The number of hydrogen-bond donors (Lipinski definition) is 0. The normalized spacial score (nSPS) is 12.5. The van der Waals surface area contributed by atoms with Gasteiger partial charge in [0.1, 0.15) is 24.2 Å². The Kier molecular flexibility index (Phi) is 6.40. The Morgan fingerprint density at radius 1 is 1.09 bits per heavy atom. The molecule has 2 aromatic carbocycles. The second-order valence-corrected chi connectivity index (χ2v) is 6.09. The maximum atomic E-state index is 12.8. The summed E-state index contributed by atoms with van der Waals surface area (Å²) in [5.74, 6) is 1.60. The molecule has 0 fully saturated rings. The van der Waals surface area contributed by atoms with E-state index in [4.69, 9.17) is 4.74 Å². The van der Waals surface area contributed by atoms with Crippen LogP contribution in [0.3, 0.4) is 0 Å². The van der Waals surface area contributed by atoms with E-state index in [9.17, 15) is 4.39 Å². The van der Waals surface area contributed by atoms with Crippen LogP contribution in [0.15, 0.2) is 63.7 Å². The van der Waals surface area contributed by atoms with Gasteiger partial charge in [0.25, 0.3) is 0 Å².